The maximum Gasteiger partial charge on any atom is 0.401 e. The monoisotopic (exact) mass is 341 g/mol. The second-order valence-corrected chi connectivity index (χ2v) is 6.27. The van der Waals surface area contributed by atoms with Gasteiger partial charge in [-0.2, -0.15) is 13.2 Å². The quantitative estimate of drug-likeness (QED) is 0.771. The summed E-state index contributed by atoms with van der Waals surface area (Å²) >= 11 is 0. The predicted octanol–water partition coefficient (Wildman–Crippen LogP) is 3.75. The van der Waals surface area contributed by atoms with E-state index in [2.05, 4.69) is 42.4 Å². The zero-order chi connectivity index (χ0) is 17.9. The van der Waals surface area contributed by atoms with Crippen LogP contribution in [0.5, 0.6) is 0 Å². The van der Waals surface area contributed by atoms with Crippen LogP contribution >= 0.6 is 0 Å². The Kier molecular flexibility index (Phi) is 5.93. The van der Waals surface area contributed by atoms with Gasteiger partial charge in [0.2, 0.25) is 0 Å². The van der Waals surface area contributed by atoms with Crippen molar-refractivity contribution in [2.24, 2.45) is 0 Å². The van der Waals surface area contributed by atoms with Crippen molar-refractivity contribution in [1.29, 1.82) is 0 Å². The Hall–Kier alpha value is -1.53. The molecule has 2 aliphatic rings. The molecule has 6 heteroatoms. The van der Waals surface area contributed by atoms with Crippen LogP contribution in [0.3, 0.4) is 0 Å². The summed E-state index contributed by atoms with van der Waals surface area (Å²) in [4.78, 5) is 5.80. The lowest BCUT2D eigenvalue weighted by atomic mass is 10.0. The van der Waals surface area contributed by atoms with Crippen molar-refractivity contribution in [2.45, 2.75) is 33.0 Å². The molecule has 0 amide bonds. The van der Waals surface area contributed by atoms with E-state index in [4.69, 9.17) is 0 Å². The smallest absolute Gasteiger partial charge is 0.320 e. The normalized spacial score (nSPS) is 23.9. The van der Waals surface area contributed by atoms with Gasteiger partial charge < -0.3 is 4.90 Å². The van der Waals surface area contributed by atoms with E-state index in [1.807, 2.05) is 13.0 Å². The van der Waals surface area contributed by atoms with E-state index in [0.29, 0.717) is 26.2 Å². The van der Waals surface area contributed by atoms with Gasteiger partial charge in [0.15, 0.2) is 0 Å². The van der Waals surface area contributed by atoms with Crippen LogP contribution in [-0.2, 0) is 0 Å². The number of alkyl halides is 3. The summed E-state index contributed by atoms with van der Waals surface area (Å²) < 4.78 is 37.6. The van der Waals surface area contributed by atoms with E-state index < -0.39 is 12.7 Å². The molecule has 1 atom stereocenters. The van der Waals surface area contributed by atoms with Crippen LogP contribution in [0.2, 0.25) is 0 Å². The number of nitrogens with zero attached hydrogens (tertiary/aromatic N) is 3. The van der Waals surface area contributed by atoms with Crippen molar-refractivity contribution in [1.82, 2.24) is 14.7 Å². The second kappa shape index (κ2) is 7.57. The summed E-state index contributed by atoms with van der Waals surface area (Å²) in [5.74, 6) is 0. The van der Waals surface area contributed by atoms with Gasteiger partial charge in [-0.15, -0.1) is 0 Å². The van der Waals surface area contributed by atoms with Gasteiger partial charge in [-0.25, -0.2) is 0 Å². The molecule has 2 aliphatic heterocycles. The first-order valence-corrected chi connectivity index (χ1v) is 8.27. The Bertz CT molecular complexity index is 552. The fourth-order valence-corrected chi connectivity index (χ4v) is 3.41. The van der Waals surface area contributed by atoms with Gasteiger partial charge in [0.25, 0.3) is 0 Å². The minimum absolute atomic E-state index is 0.121. The molecule has 0 aromatic heterocycles. The summed E-state index contributed by atoms with van der Waals surface area (Å²) in [5, 5.41) is 0. The Morgan fingerprint density at radius 2 is 1.83 bits per heavy atom. The highest BCUT2D eigenvalue weighted by Gasteiger charge is 2.34. The van der Waals surface area contributed by atoms with E-state index >= 15 is 0 Å². The van der Waals surface area contributed by atoms with Crippen LogP contribution in [0.4, 0.5) is 13.2 Å². The topological polar surface area (TPSA) is 9.72 Å². The fourth-order valence-electron chi connectivity index (χ4n) is 3.41. The SMILES string of the molecule is C=CN1C(C(C)N2CCN(CC(F)(F)F)CC2)=C(C)C=C/C1=C/C. The number of rotatable bonds is 4. The van der Waals surface area contributed by atoms with Crippen LogP contribution < -0.4 is 0 Å². The maximum absolute atomic E-state index is 12.5. The summed E-state index contributed by atoms with van der Waals surface area (Å²) in [7, 11) is 0. The molecule has 0 saturated carbocycles. The van der Waals surface area contributed by atoms with E-state index in [1.54, 1.807) is 6.20 Å². The highest BCUT2D eigenvalue weighted by Crippen LogP contribution is 2.29. The number of hydrogen-bond acceptors (Lipinski definition) is 3. The third-order valence-corrected chi connectivity index (χ3v) is 4.68. The zero-order valence-corrected chi connectivity index (χ0v) is 14.6. The van der Waals surface area contributed by atoms with Crippen molar-refractivity contribution >= 4 is 0 Å². The minimum Gasteiger partial charge on any atom is -0.320 e. The molecule has 0 aliphatic carbocycles. The summed E-state index contributed by atoms with van der Waals surface area (Å²) in [6, 6.07) is 0.121. The van der Waals surface area contributed by atoms with Crippen molar-refractivity contribution in [2.75, 3.05) is 32.7 Å². The minimum atomic E-state index is -4.12. The first-order valence-electron chi connectivity index (χ1n) is 8.27. The molecule has 2 rings (SSSR count). The Morgan fingerprint density at radius 3 is 2.33 bits per heavy atom. The molecule has 24 heavy (non-hydrogen) atoms. The molecule has 3 nitrogen and oxygen atoms in total. The zero-order valence-electron chi connectivity index (χ0n) is 14.6. The van der Waals surface area contributed by atoms with Crippen LogP contribution in [-0.4, -0.2) is 59.6 Å². The van der Waals surface area contributed by atoms with Gasteiger partial charge in [-0.3, -0.25) is 9.80 Å². The van der Waals surface area contributed by atoms with Crippen LogP contribution in [0.1, 0.15) is 20.8 Å². The average molecular weight is 341 g/mol. The largest absolute Gasteiger partial charge is 0.401 e. The van der Waals surface area contributed by atoms with Gasteiger partial charge in [-0.05, 0) is 32.4 Å². The summed E-state index contributed by atoms with van der Waals surface area (Å²) in [5.41, 5.74) is 3.36. The number of hydrogen-bond donors (Lipinski definition) is 0. The number of allylic oxidation sites excluding steroid dienone is 4. The van der Waals surface area contributed by atoms with E-state index in [1.165, 1.54) is 4.90 Å². The molecular formula is C18H26F3N3. The Balaban J connectivity index is 2.08. The van der Waals surface area contributed by atoms with Crippen molar-refractivity contribution in [3.63, 3.8) is 0 Å². The van der Waals surface area contributed by atoms with Gasteiger partial charge >= 0.3 is 6.18 Å². The summed E-state index contributed by atoms with van der Waals surface area (Å²) in [6.45, 7) is 11.4. The highest BCUT2D eigenvalue weighted by atomic mass is 19.4. The molecule has 0 radical (unpaired) electrons. The first kappa shape index (κ1) is 18.8. The number of piperazine rings is 1. The molecule has 0 spiro atoms. The molecule has 1 fully saturated rings. The van der Waals surface area contributed by atoms with Crippen molar-refractivity contribution in [3.8, 4) is 0 Å². The second-order valence-electron chi connectivity index (χ2n) is 6.27. The number of halogens is 3. The third kappa shape index (κ3) is 4.30. The van der Waals surface area contributed by atoms with Gasteiger partial charge in [0, 0.05) is 49.8 Å². The highest BCUT2D eigenvalue weighted by molar-refractivity contribution is 5.41. The Morgan fingerprint density at radius 1 is 1.21 bits per heavy atom. The fraction of sp³-hybridized carbons (Fsp3) is 0.556. The van der Waals surface area contributed by atoms with Crippen LogP contribution in [0, 0.1) is 0 Å². The predicted molar refractivity (Wildman–Crippen MR) is 91.2 cm³/mol. The van der Waals surface area contributed by atoms with Gasteiger partial charge in [0.05, 0.1) is 6.54 Å². The lowest BCUT2D eigenvalue weighted by Gasteiger charge is -2.42. The molecule has 1 unspecified atom stereocenters. The first-order chi connectivity index (χ1) is 11.3. The lowest BCUT2D eigenvalue weighted by molar-refractivity contribution is -0.149. The molecule has 134 valence electrons. The molecular weight excluding hydrogens is 315 g/mol. The van der Waals surface area contributed by atoms with E-state index in [9.17, 15) is 13.2 Å². The molecule has 0 aromatic rings. The van der Waals surface area contributed by atoms with Crippen molar-refractivity contribution in [3.05, 3.63) is 48.0 Å². The van der Waals surface area contributed by atoms with Crippen molar-refractivity contribution < 1.29 is 13.2 Å². The molecule has 0 aromatic carbocycles. The molecule has 0 N–H and O–H groups in total. The molecule has 1 saturated heterocycles. The standard InChI is InChI=1S/C18H26F3N3/c1-5-16-8-7-14(3)17(24(16)6-2)15(4)23-11-9-22(10-12-23)13-18(19,20)21/h5-8,15H,2,9-13H2,1,3-4H3/b16-5-. The maximum atomic E-state index is 12.5. The van der Waals surface area contributed by atoms with Gasteiger partial charge in [-0.1, -0.05) is 18.7 Å². The van der Waals surface area contributed by atoms with E-state index in [-0.39, 0.29) is 6.04 Å². The lowest BCUT2D eigenvalue weighted by Crippen LogP contribution is -2.53. The van der Waals surface area contributed by atoms with Crippen LogP contribution in [0.25, 0.3) is 0 Å². The summed E-state index contributed by atoms with van der Waals surface area (Å²) in [6.07, 6.45) is 3.84. The molecule has 0 bridgehead atoms. The van der Waals surface area contributed by atoms with E-state index in [0.717, 1.165) is 17.0 Å². The Labute approximate surface area is 142 Å². The average Bonchev–Trinajstić information content (AvgIpc) is 2.53. The van der Waals surface area contributed by atoms with Crippen LogP contribution in [0.15, 0.2) is 48.0 Å². The molecule has 2 heterocycles. The third-order valence-electron chi connectivity index (χ3n) is 4.68. The van der Waals surface area contributed by atoms with Gasteiger partial charge in [0.1, 0.15) is 0 Å².